The Morgan fingerprint density at radius 3 is 2.44 bits per heavy atom. The van der Waals surface area contributed by atoms with E-state index in [0.29, 0.717) is 0 Å². The number of hydrogen-bond acceptors (Lipinski definition) is 5. The maximum Gasteiger partial charge on any atom is 0.244 e. The molecular formula is C26H30FN3O3S. The molecule has 0 saturated carbocycles. The Kier molecular flexibility index (Phi) is 7.21. The van der Waals surface area contributed by atoms with Gasteiger partial charge in [0.25, 0.3) is 0 Å². The van der Waals surface area contributed by atoms with E-state index in [2.05, 4.69) is 21.8 Å². The third-order valence-corrected chi connectivity index (χ3v) is 7.72. The van der Waals surface area contributed by atoms with Crippen molar-refractivity contribution in [3.05, 3.63) is 89.2 Å². The number of ether oxygens (including phenoxy) is 1. The first-order valence-corrected chi connectivity index (χ1v) is 12.7. The van der Waals surface area contributed by atoms with Gasteiger partial charge in [0.05, 0.1) is 7.11 Å². The van der Waals surface area contributed by atoms with E-state index < -0.39 is 15.8 Å². The van der Waals surface area contributed by atoms with E-state index >= 15 is 0 Å². The van der Waals surface area contributed by atoms with Gasteiger partial charge in [0.15, 0.2) is 0 Å². The molecule has 0 fully saturated rings. The number of benzene rings is 3. The van der Waals surface area contributed by atoms with Crippen LogP contribution in [-0.4, -0.2) is 47.6 Å². The second-order valence-corrected chi connectivity index (χ2v) is 10.4. The molecule has 1 aliphatic heterocycles. The van der Waals surface area contributed by atoms with Crippen LogP contribution in [-0.2, 0) is 23.0 Å². The Bertz CT molecular complexity index is 1250. The number of nitrogens with one attached hydrogen (secondary N) is 1. The Balaban J connectivity index is 1.63. The predicted molar refractivity (Wildman–Crippen MR) is 132 cm³/mol. The van der Waals surface area contributed by atoms with Crippen molar-refractivity contribution < 1.29 is 17.5 Å². The summed E-state index contributed by atoms with van der Waals surface area (Å²) in [4.78, 5) is 4.11. The van der Waals surface area contributed by atoms with Crippen LogP contribution in [0.4, 0.5) is 10.1 Å². The lowest BCUT2D eigenvalue weighted by Gasteiger charge is -2.36. The van der Waals surface area contributed by atoms with Crippen LogP contribution >= 0.6 is 0 Å². The van der Waals surface area contributed by atoms with E-state index in [4.69, 9.17) is 4.74 Å². The molecule has 6 nitrogen and oxygen atoms in total. The summed E-state index contributed by atoms with van der Waals surface area (Å²) in [6, 6.07) is 19.8. The van der Waals surface area contributed by atoms with Gasteiger partial charge in [-0.3, -0.25) is 4.90 Å². The van der Waals surface area contributed by atoms with Gasteiger partial charge in [-0.2, -0.15) is 0 Å². The van der Waals surface area contributed by atoms with Crippen molar-refractivity contribution in [1.82, 2.24) is 9.62 Å². The fraction of sp³-hybridized carbons (Fsp3) is 0.308. The zero-order chi connectivity index (χ0) is 24.3. The molecule has 4 rings (SSSR count). The van der Waals surface area contributed by atoms with E-state index in [1.54, 1.807) is 0 Å². The minimum atomic E-state index is -4.00. The number of anilines is 1. The van der Waals surface area contributed by atoms with Crippen molar-refractivity contribution in [3.8, 4) is 5.75 Å². The van der Waals surface area contributed by atoms with E-state index in [1.807, 2.05) is 55.4 Å². The monoisotopic (exact) mass is 483 g/mol. The van der Waals surface area contributed by atoms with Crippen LogP contribution < -0.4 is 14.4 Å². The normalized spacial score (nSPS) is 14.9. The average Bonchev–Trinajstić information content (AvgIpc) is 2.84. The second-order valence-electron chi connectivity index (χ2n) is 8.64. The molecule has 3 aromatic rings. The summed E-state index contributed by atoms with van der Waals surface area (Å²) in [6.07, 6.45) is 0.896. The summed E-state index contributed by atoms with van der Waals surface area (Å²) < 4.78 is 48.0. The van der Waals surface area contributed by atoms with E-state index in [1.165, 1.54) is 30.4 Å². The highest BCUT2D eigenvalue weighted by Gasteiger charge is 2.28. The smallest absolute Gasteiger partial charge is 0.244 e. The first kappa shape index (κ1) is 24.2. The third-order valence-electron chi connectivity index (χ3n) is 6.28. The van der Waals surface area contributed by atoms with Gasteiger partial charge in [0.2, 0.25) is 10.0 Å². The summed E-state index contributed by atoms with van der Waals surface area (Å²) in [5.74, 6) is -0.530. The number of rotatable bonds is 8. The molecule has 1 heterocycles. The van der Waals surface area contributed by atoms with E-state index in [-0.39, 0.29) is 23.2 Å². The molecule has 1 atom stereocenters. The third kappa shape index (κ3) is 5.24. The minimum absolute atomic E-state index is 0.104. The lowest BCUT2D eigenvalue weighted by atomic mass is 9.96. The molecular weight excluding hydrogens is 453 g/mol. The highest BCUT2D eigenvalue weighted by atomic mass is 32.2. The van der Waals surface area contributed by atoms with Crippen molar-refractivity contribution in [1.29, 1.82) is 0 Å². The average molecular weight is 484 g/mol. The van der Waals surface area contributed by atoms with Crippen LogP contribution in [0.1, 0.15) is 22.7 Å². The second kappa shape index (κ2) is 10.1. The van der Waals surface area contributed by atoms with Gasteiger partial charge in [-0.05, 0) is 53.4 Å². The number of methoxy groups -OCH3 is 1. The van der Waals surface area contributed by atoms with Gasteiger partial charge in [0.1, 0.15) is 16.5 Å². The summed E-state index contributed by atoms with van der Waals surface area (Å²) in [6.45, 7) is 1.68. The zero-order valence-corrected chi connectivity index (χ0v) is 20.5. The Morgan fingerprint density at radius 2 is 1.76 bits per heavy atom. The summed E-state index contributed by atoms with van der Waals surface area (Å²) in [5, 5.41) is 0. The quantitative estimate of drug-likeness (QED) is 0.525. The van der Waals surface area contributed by atoms with Gasteiger partial charge < -0.3 is 9.64 Å². The molecule has 1 N–H and O–H groups in total. The van der Waals surface area contributed by atoms with Crippen molar-refractivity contribution in [2.24, 2.45) is 0 Å². The number of fused-ring (bicyclic) bond motifs is 1. The fourth-order valence-electron chi connectivity index (χ4n) is 4.36. The first-order chi connectivity index (χ1) is 16.3. The fourth-order valence-corrected chi connectivity index (χ4v) is 5.58. The molecule has 1 unspecified atom stereocenters. The maximum atomic E-state index is 13.9. The van der Waals surface area contributed by atoms with E-state index in [9.17, 15) is 12.8 Å². The van der Waals surface area contributed by atoms with Crippen LogP contribution in [0.2, 0.25) is 0 Å². The first-order valence-electron chi connectivity index (χ1n) is 11.2. The Labute approximate surface area is 201 Å². The molecule has 1 aliphatic rings. The molecule has 0 saturated heterocycles. The lowest BCUT2D eigenvalue weighted by Crippen LogP contribution is -2.40. The van der Waals surface area contributed by atoms with Crippen LogP contribution in [0.3, 0.4) is 0 Å². The largest absolute Gasteiger partial charge is 0.495 e. The number of halogens is 1. The molecule has 0 radical (unpaired) electrons. The van der Waals surface area contributed by atoms with Crippen molar-refractivity contribution in [3.63, 3.8) is 0 Å². The Hall–Kier alpha value is -2.94. The number of hydrogen-bond donors (Lipinski definition) is 1. The van der Waals surface area contributed by atoms with Crippen LogP contribution in [0.25, 0.3) is 0 Å². The summed E-state index contributed by atoms with van der Waals surface area (Å²) in [7, 11) is 1.33. The molecule has 3 aromatic carbocycles. The minimum Gasteiger partial charge on any atom is -0.495 e. The highest BCUT2D eigenvalue weighted by molar-refractivity contribution is 7.89. The molecule has 0 bridgehead atoms. The van der Waals surface area contributed by atoms with E-state index in [0.717, 1.165) is 36.8 Å². The molecule has 0 aliphatic carbocycles. The summed E-state index contributed by atoms with van der Waals surface area (Å²) >= 11 is 0. The van der Waals surface area contributed by atoms with Crippen LogP contribution in [0.15, 0.2) is 71.6 Å². The molecule has 34 heavy (non-hydrogen) atoms. The number of nitrogens with zero attached hydrogens (tertiary/aromatic N) is 2. The predicted octanol–water partition coefficient (Wildman–Crippen LogP) is 3.98. The number of sulfonamides is 1. The molecule has 8 heteroatoms. The molecule has 0 spiro atoms. The van der Waals surface area contributed by atoms with Crippen LogP contribution in [0.5, 0.6) is 5.75 Å². The van der Waals surface area contributed by atoms with Crippen molar-refractivity contribution in [2.45, 2.75) is 23.9 Å². The maximum absolute atomic E-state index is 13.9. The van der Waals surface area contributed by atoms with Crippen molar-refractivity contribution >= 4 is 15.7 Å². The van der Waals surface area contributed by atoms with Gasteiger partial charge in [0, 0.05) is 45.5 Å². The van der Waals surface area contributed by atoms with Gasteiger partial charge >= 0.3 is 0 Å². The zero-order valence-electron chi connectivity index (χ0n) is 19.7. The molecule has 0 aromatic heterocycles. The summed E-state index contributed by atoms with van der Waals surface area (Å²) in [5.41, 5.74) is 4.65. The standard InChI is InChI=1S/C26H30FN3O3S/c1-29(2)23-11-8-20(9-12-23)24(30-15-14-19-6-4-5-7-21(19)18-30)17-28-34(31,32)26-16-22(27)10-13-25(26)33-3/h4-13,16,24,28H,14-15,17-18H2,1-3H3. The molecule has 180 valence electrons. The van der Waals surface area contributed by atoms with Gasteiger partial charge in [-0.15, -0.1) is 0 Å². The highest BCUT2D eigenvalue weighted by Crippen LogP contribution is 2.30. The molecule has 0 amide bonds. The van der Waals surface area contributed by atoms with Crippen molar-refractivity contribution in [2.75, 3.05) is 39.2 Å². The topological polar surface area (TPSA) is 61.9 Å². The van der Waals surface area contributed by atoms with Gasteiger partial charge in [-0.25, -0.2) is 17.5 Å². The SMILES string of the molecule is COc1ccc(F)cc1S(=O)(=O)NCC(c1ccc(N(C)C)cc1)N1CCc2ccccc2C1. The Morgan fingerprint density at radius 1 is 1.06 bits per heavy atom. The van der Waals surface area contributed by atoms with Gasteiger partial charge in [-0.1, -0.05) is 36.4 Å². The lowest BCUT2D eigenvalue weighted by molar-refractivity contribution is 0.180. The van der Waals surface area contributed by atoms with Crippen LogP contribution in [0, 0.1) is 5.82 Å².